The fourth-order valence-corrected chi connectivity index (χ4v) is 3.25. The minimum absolute atomic E-state index is 0.125. The van der Waals surface area contributed by atoms with Crippen molar-refractivity contribution in [3.8, 4) is 5.75 Å². The van der Waals surface area contributed by atoms with E-state index in [2.05, 4.69) is 53.7 Å². The van der Waals surface area contributed by atoms with Crippen LogP contribution in [0.5, 0.6) is 5.75 Å². The molecule has 1 aromatic heterocycles. The topological polar surface area (TPSA) is 66.2 Å². The second-order valence-corrected chi connectivity index (χ2v) is 6.88. The standard InChI is InChI=1S/C19H25N3O3/c1-12(2)15-6-5-13(3)9-16(15)25-11-18-21-20-17-10-14(19(23)24-4)7-8-22(17)18/h5-6,9,12,14H,7-8,10-11H2,1-4H3. The second kappa shape index (κ2) is 7.25. The van der Waals surface area contributed by atoms with E-state index in [1.807, 2.05) is 0 Å². The number of ether oxygens (including phenoxy) is 2. The molecule has 0 fully saturated rings. The van der Waals surface area contributed by atoms with Crippen molar-refractivity contribution in [1.29, 1.82) is 0 Å². The molecule has 0 N–H and O–H groups in total. The van der Waals surface area contributed by atoms with Gasteiger partial charge in [0.05, 0.1) is 13.0 Å². The number of benzene rings is 1. The van der Waals surface area contributed by atoms with E-state index in [9.17, 15) is 4.79 Å². The number of carbonyl (C=O) groups is 1. The Morgan fingerprint density at radius 3 is 2.88 bits per heavy atom. The number of aryl methyl sites for hydroxylation is 1. The van der Waals surface area contributed by atoms with E-state index >= 15 is 0 Å². The maximum Gasteiger partial charge on any atom is 0.309 e. The zero-order valence-electron chi connectivity index (χ0n) is 15.3. The van der Waals surface area contributed by atoms with E-state index in [0.717, 1.165) is 23.8 Å². The van der Waals surface area contributed by atoms with E-state index in [0.29, 0.717) is 25.5 Å². The largest absolute Gasteiger partial charge is 0.485 e. The molecule has 1 atom stereocenters. The van der Waals surface area contributed by atoms with Gasteiger partial charge in [0.1, 0.15) is 18.2 Å². The molecule has 1 aliphatic heterocycles. The van der Waals surface area contributed by atoms with Gasteiger partial charge in [-0.1, -0.05) is 26.0 Å². The van der Waals surface area contributed by atoms with Gasteiger partial charge >= 0.3 is 5.97 Å². The van der Waals surface area contributed by atoms with Crippen molar-refractivity contribution in [3.63, 3.8) is 0 Å². The Morgan fingerprint density at radius 1 is 1.36 bits per heavy atom. The van der Waals surface area contributed by atoms with Crippen molar-refractivity contribution in [2.75, 3.05) is 7.11 Å². The number of rotatable bonds is 5. The molecule has 0 saturated heterocycles. The Kier molecular flexibility index (Phi) is 5.06. The molecule has 0 bridgehead atoms. The molecule has 2 aromatic rings. The first kappa shape index (κ1) is 17.5. The molecule has 1 aromatic carbocycles. The Labute approximate surface area is 148 Å². The summed E-state index contributed by atoms with van der Waals surface area (Å²) >= 11 is 0. The van der Waals surface area contributed by atoms with Crippen molar-refractivity contribution in [3.05, 3.63) is 41.0 Å². The highest BCUT2D eigenvalue weighted by Gasteiger charge is 2.28. The van der Waals surface area contributed by atoms with Crippen LogP contribution in [-0.4, -0.2) is 27.8 Å². The molecule has 3 rings (SSSR count). The van der Waals surface area contributed by atoms with Gasteiger partial charge in [0.2, 0.25) is 0 Å². The summed E-state index contributed by atoms with van der Waals surface area (Å²) in [5, 5.41) is 8.50. The molecular formula is C19H25N3O3. The van der Waals surface area contributed by atoms with Crippen molar-refractivity contribution in [2.45, 2.75) is 52.7 Å². The van der Waals surface area contributed by atoms with Crippen LogP contribution >= 0.6 is 0 Å². The number of methoxy groups -OCH3 is 1. The zero-order chi connectivity index (χ0) is 18.0. The van der Waals surface area contributed by atoms with Crippen molar-refractivity contribution in [1.82, 2.24) is 14.8 Å². The summed E-state index contributed by atoms with van der Waals surface area (Å²) in [7, 11) is 1.43. The third-order valence-corrected chi connectivity index (χ3v) is 4.72. The molecule has 6 heteroatoms. The number of esters is 1. The first-order valence-electron chi connectivity index (χ1n) is 8.71. The van der Waals surface area contributed by atoms with Crippen LogP contribution in [-0.2, 0) is 29.1 Å². The molecule has 2 heterocycles. The highest BCUT2D eigenvalue weighted by atomic mass is 16.5. The van der Waals surface area contributed by atoms with E-state index in [1.54, 1.807) is 0 Å². The molecule has 0 spiro atoms. The molecule has 25 heavy (non-hydrogen) atoms. The molecule has 0 saturated carbocycles. The Balaban J connectivity index is 1.73. The van der Waals surface area contributed by atoms with Crippen molar-refractivity contribution in [2.24, 2.45) is 5.92 Å². The molecule has 134 valence electrons. The normalized spacial score (nSPS) is 16.6. The monoisotopic (exact) mass is 343 g/mol. The highest BCUT2D eigenvalue weighted by Crippen LogP contribution is 2.28. The summed E-state index contributed by atoms with van der Waals surface area (Å²) in [5.41, 5.74) is 2.36. The van der Waals surface area contributed by atoms with Gasteiger partial charge < -0.3 is 14.0 Å². The minimum atomic E-state index is -0.173. The van der Waals surface area contributed by atoms with Gasteiger partial charge in [-0.2, -0.15) is 0 Å². The summed E-state index contributed by atoms with van der Waals surface area (Å²) in [5.74, 6) is 2.62. The summed E-state index contributed by atoms with van der Waals surface area (Å²) in [6, 6.07) is 6.29. The van der Waals surface area contributed by atoms with Crippen LogP contribution in [0.15, 0.2) is 18.2 Å². The molecule has 0 radical (unpaired) electrons. The van der Waals surface area contributed by atoms with Gasteiger partial charge in [-0.05, 0) is 36.5 Å². The smallest absolute Gasteiger partial charge is 0.309 e. The van der Waals surface area contributed by atoms with Crippen molar-refractivity contribution >= 4 is 5.97 Å². The number of nitrogens with zero attached hydrogens (tertiary/aromatic N) is 3. The van der Waals surface area contributed by atoms with Crippen LogP contribution in [0, 0.1) is 12.8 Å². The van der Waals surface area contributed by atoms with Crippen LogP contribution < -0.4 is 4.74 Å². The van der Waals surface area contributed by atoms with E-state index in [4.69, 9.17) is 9.47 Å². The fourth-order valence-electron chi connectivity index (χ4n) is 3.25. The number of carbonyl (C=O) groups excluding carboxylic acids is 1. The maximum atomic E-state index is 11.7. The number of fused-ring (bicyclic) bond motifs is 1. The molecule has 0 aliphatic carbocycles. The molecule has 6 nitrogen and oxygen atoms in total. The Bertz CT molecular complexity index is 767. The molecule has 0 amide bonds. The lowest BCUT2D eigenvalue weighted by atomic mass is 9.98. The van der Waals surface area contributed by atoms with Gasteiger partial charge in [0.15, 0.2) is 5.82 Å². The first-order valence-corrected chi connectivity index (χ1v) is 8.71. The van der Waals surface area contributed by atoms with Gasteiger partial charge in [-0.3, -0.25) is 4.79 Å². The van der Waals surface area contributed by atoms with Gasteiger partial charge in [0, 0.05) is 13.0 Å². The summed E-state index contributed by atoms with van der Waals surface area (Å²) in [6.07, 6.45) is 1.31. The summed E-state index contributed by atoms with van der Waals surface area (Å²) in [6.45, 7) is 7.46. The lowest BCUT2D eigenvalue weighted by Crippen LogP contribution is -2.27. The Morgan fingerprint density at radius 2 is 2.16 bits per heavy atom. The maximum absolute atomic E-state index is 11.7. The molecular weight excluding hydrogens is 318 g/mol. The quantitative estimate of drug-likeness (QED) is 0.781. The molecule has 1 unspecified atom stereocenters. The lowest BCUT2D eigenvalue weighted by molar-refractivity contribution is -0.146. The van der Waals surface area contributed by atoms with E-state index in [1.165, 1.54) is 18.2 Å². The number of hydrogen-bond donors (Lipinski definition) is 0. The minimum Gasteiger partial charge on any atom is -0.485 e. The van der Waals surface area contributed by atoms with Gasteiger partial charge in [0.25, 0.3) is 0 Å². The highest BCUT2D eigenvalue weighted by molar-refractivity contribution is 5.72. The average molecular weight is 343 g/mol. The number of hydrogen-bond acceptors (Lipinski definition) is 5. The van der Waals surface area contributed by atoms with Crippen LogP contribution in [0.2, 0.25) is 0 Å². The van der Waals surface area contributed by atoms with E-state index < -0.39 is 0 Å². The third kappa shape index (κ3) is 3.67. The predicted molar refractivity (Wildman–Crippen MR) is 93.4 cm³/mol. The van der Waals surface area contributed by atoms with Crippen molar-refractivity contribution < 1.29 is 14.3 Å². The fraction of sp³-hybridized carbons (Fsp3) is 0.526. The zero-order valence-corrected chi connectivity index (χ0v) is 15.3. The Hall–Kier alpha value is -2.37. The van der Waals surface area contributed by atoms with Crippen LogP contribution in [0.4, 0.5) is 0 Å². The summed E-state index contributed by atoms with van der Waals surface area (Å²) < 4.78 is 13.0. The van der Waals surface area contributed by atoms with Gasteiger partial charge in [-0.25, -0.2) is 0 Å². The predicted octanol–water partition coefficient (Wildman–Crippen LogP) is 3.02. The number of aromatic nitrogens is 3. The second-order valence-electron chi connectivity index (χ2n) is 6.88. The van der Waals surface area contributed by atoms with Crippen LogP contribution in [0.3, 0.4) is 0 Å². The SMILES string of the molecule is COC(=O)C1CCn2c(COc3cc(C)ccc3C(C)C)nnc2C1. The van der Waals surface area contributed by atoms with Crippen LogP contribution in [0.25, 0.3) is 0 Å². The van der Waals surface area contributed by atoms with Crippen LogP contribution in [0.1, 0.15) is 49.0 Å². The average Bonchev–Trinajstić information content (AvgIpc) is 3.01. The molecule has 1 aliphatic rings. The van der Waals surface area contributed by atoms with Gasteiger partial charge in [-0.15, -0.1) is 10.2 Å². The summed E-state index contributed by atoms with van der Waals surface area (Å²) in [4.78, 5) is 11.7. The third-order valence-electron chi connectivity index (χ3n) is 4.72. The lowest BCUT2D eigenvalue weighted by Gasteiger charge is -2.22. The first-order chi connectivity index (χ1) is 12.0. The van der Waals surface area contributed by atoms with E-state index in [-0.39, 0.29) is 11.9 Å².